The summed E-state index contributed by atoms with van der Waals surface area (Å²) >= 11 is 11.7. The Hall–Kier alpha value is -2.24. The van der Waals surface area contributed by atoms with Gasteiger partial charge in [-0.1, -0.05) is 55.2 Å². The Labute approximate surface area is 156 Å². The van der Waals surface area contributed by atoms with Gasteiger partial charge in [0.15, 0.2) is 6.61 Å². The number of hydrogen-bond acceptors (Lipinski definition) is 4. The molecule has 0 unspecified atom stereocenters. The summed E-state index contributed by atoms with van der Waals surface area (Å²) in [6.07, 6.45) is 1.26. The van der Waals surface area contributed by atoms with Crippen molar-refractivity contribution < 1.29 is 14.6 Å². The Morgan fingerprint density at radius 3 is 2.76 bits per heavy atom. The monoisotopic (exact) mass is 380 g/mol. The molecule has 0 radical (unpaired) electrons. The Bertz CT molecular complexity index is 792. The molecule has 0 aliphatic rings. The molecule has 25 heavy (non-hydrogen) atoms. The predicted octanol–water partition coefficient (Wildman–Crippen LogP) is 4.35. The standard InChI is InChI=1S/C18H18Cl2N2O3/c1-11(2)14-5-3-4-6-16(14)25-10-17(23)22-21-9-12-7-13(19)8-15(20)18(12)24/h3-9,11,24H,10H2,1-2H3,(H,22,23)/b21-9+. The van der Waals surface area contributed by atoms with E-state index in [1.807, 2.05) is 24.3 Å². The number of hydrazone groups is 1. The van der Waals surface area contributed by atoms with E-state index in [4.69, 9.17) is 27.9 Å². The number of benzene rings is 2. The Balaban J connectivity index is 1.94. The fourth-order valence-electron chi connectivity index (χ4n) is 2.12. The molecular formula is C18H18Cl2N2O3. The zero-order valence-corrected chi connectivity index (χ0v) is 15.3. The lowest BCUT2D eigenvalue weighted by Gasteiger charge is -2.13. The van der Waals surface area contributed by atoms with E-state index >= 15 is 0 Å². The van der Waals surface area contributed by atoms with Crippen LogP contribution in [0.1, 0.15) is 30.9 Å². The number of carbonyl (C=O) groups is 1. The molecule has 0 aromatic heterocycles. The number of halogens is 2. The molecule has 7 heteroatoms. The second kappa shape index (κ2) is 8.74. The van der Waals surface area contributed by atoms with Crippen molar-refractivity contribution in [2.24, 2.45) is 5.10 Å². The molecule has 0 spiro atoms. The number of nitrogens with one attached hydrogen (secondary N) is 1. The van der Waals surface area contributed by atoms with Crippen molar-refractivity contribution in [3.05, 3.63) is 57.6 Å². The van der Waals surface area contributed by atoms with Gasteiger partial charge in [0.05, 0.1) is 11.2 Å². The summed E-state index contributed by atoms with van der Waals surface area (Å²) in [4.78, 5) is 11.8. The average Bonchev–Trinajstić information content (AvgIpc) is 2.57. The number of para-hydroxylation sites is 1. The number of amides is 1. The zero-order chi connectivity index (χ0) is 18.4. The minimum absolute atomic E-state index is 0.105. The van der Waals surface area contributed by atoms with Gasteiger partial charge in [-0.3, -0.25) is 4.79 Å². The molecule has 2 rings (SSSR count). The quantitative estimate of drug-likeness (QED) is 0.577. The second-order valence-electron chi connectivity index (χ2n) is 5.60. The van der Waals surface area contributed by atoms with Crippen LogP contribution in [0.4, 0.5) is 0 Å². The summed E-state index contributed by atoms with van der Waals surface area (Å²) in [6, 6.07) is 10.4. The third kappa shape index (κ3) is 5.37. The molecule has 0 saturated heterocycles. The van der Waals surface area contributed by atoms with Crippen LogP contribution in [0.5, 0.6) is 11.5 Å². The van der Waals surface area contributed by atoms with E-state index in [1.165, 1.54) is 18.3 Å². The van der Waals surface area contributed by atoms with Crippen molar-refractivity contribution in [2.45, 2.75) is 19.8 Å². The topological polar surface area (TPSA) is 70.9 Å². The SMILES string of the molecule is CC(C)c1ccccc1OCC(=O)N/N=C/c1cc(Cl)cc(Cl)c1O. The molecule has 0 aliphatic carbocycles. The van der Waals surface area contributed by atoms with Crippen molar-refractivity contribution in [1.29, 1.82) is 0 Å². The number of carbonyl (C=O) groups excluding carboxylic acids is 1. The number of phenolic OH excluding ortho intramolecular Hbond substituents is 1. The summed E-state index contributed by atoms with van der Waals surface area (Å²) in [5.74, 6) is 0.359. The smallest absolute Gasteiger partial charge is 0.277 e. The maximum Gasteiger partial charge on any atom is 0.277 e. The highest BCUT2D eigenvalue weighted by atomic mass is 35.5. The maximum atomic E-state index is 11.8. The first-order chi connectivity index (χ1) is 11.9. The van der Waals surface area contributed by atoms with Crippen LogP contribution in [-0.4, -0.2) is 23.8 Å². The van der Waals surface area contributed by atoms with Crippen molar-refractivity contribution in [3.63, 3.8) is 0 Å². The number of ether oxygens (including phenoxy) is 1. The summed E-state index contributed by atoms with van der Waals surface area (Å²) in [6.45, 7) is 3.92. The van der Waals surface area contributed by atoms with Crippen LogP contribution in [0.2, 0.25) is 10.0 Å². The third-order valence-electron chi connectivity index (χ3n) is 3.35. The van der Waals surface area contributed by atoms with Crippen LogP contribution in [0, 0.1) is 0 Å². The summed E-state index contributed by atoms with van der Waals surface area (Å²) in [7, 11) is 0. The molecular weight excluding hydrogens is 363 g/mol. The summed E-state index contributed by atoms with van der Waals surface area (Å²) in [5.41, 5.74) is 3.64. The maximum absolute atomic E-state index is 11.8. The van der Waals surface area contributed by atoms with E-state index in [2.05, 4.69) is 24.4 Å². The molecule has 0 saturated carbocycles. The fourth-order valence-corrected chi connectivity index (χ4v) is 2.63. The third-order valence-corrected chi connectivity index (χ3v) is 3.86. The van der Waals surface area contributed by atoms with E-state index in [1.54, 1.807) is 0 Å². The number of aromatic hydroxyl groups is 1. The Morgan fingerprint density at radius 1 is 1.32 bits per heavy atom. The van der Waals surface area contributed by atoms with Crippen LogP contribution < -0.4 is 10.2 Å². The largest absolute Gasteiger partial charge is 0.506 e. The summed E-state index contributed by atoms with van der Waals surface area (Å²) in [5, 5.41) is 14.0. The van der Waals surface area contributed by atoms with Gasteiger partial charge in [-0.05, 0) is 29.7 Å². The average molecular weight is 381 g/mol. The molecule has 5 nitrogen and oxygen atoms in total. The first kappa shape index (κ1) is 19.1. The highest BCUT2D eigenvalue weighted by Gasteiger charge is 2.09. The molecule has 2 N–H and O–H groups in total. The number of rotatable bonds is 6. The minimum Gasteiger partial charge on any atom is -0.506 e. The summed E-state index contributed by atoms with van der Waals surface area (Å²) < 4.78 is 5.55. The van der Waals surface area contributed by atoms with Crippen molar-refractivity contribution in [1.82, 2.24) is 5.43 Å². The van der Waals surface area contributed by atoms with Gasteiger partial charge >= 0.3 is 0 Å². The van der Waals surface area contributed by atoms with Gasteiger partial charge in [-0.15, -0.1) is 0 Å². The molecule has 0 bridgehead atoms. The van der Waals surface area contributed by atoms with E-state index in [0.29, 0.717) is 16.3 Å². The Kier molecular flexibility index (Phi) is 6.67. The van der Waals surface area contributed by atoms with E-state index in [0.717, 1.165) is 5.56 Å². The number of hydrogen-bond donors (Lipinski definition) is 2. The first-order valence-electron chi connectivity index (χ1n) is 7.60. The van der Waals surface area contributed by atoms with Crippen LogP contribution in [-0.2, 0) is 4.79 Å². The Morgan fingerprint density at radius 2 is 2.04 bits per heavy atom. The first-order valence-corrected chi connectivity index (χ1v) is 8.35. The van der Waals surface area contributed by atoms with E-state index < -0.39 is 5.91 Å². The predicted molar refractivity (Wildman–Crippen MR) is 99.9 cm³/mol. The van der Waals surface area contributed by atoms with E-state index in [-0.39, 0.29) is 23.3 Å². The second-order valence-corrected chi connectivity index (χ2v) is 6.44. The van der Waals surface area contributed by atoms with Gasteiger partial charge in [0.1, 0.15) is 11.5 Å². The van der Waals surface area contributed by atoms with Crippen molar-refractivity contribution in [2.75, 3.05) is 6.61 Å². The van der Waals surface area contributed by atoms with Gasteiger partial charge < -0.3 is 9.84 Å². The lowest BCUT2D eigenvalue weighted by Crippen LogP contribution is -2.24. The highest BCUT2D eigenvalue weighted by Crippen LogP contribution is 2.30. The van der Waals surface area contributed by atoms with Gasteiger partial charge in [-0.25, -0.2) is 5.43 Å². The molecule has 1 amide bonds. The lowest BCUT2D eigenvalue weighted by atomic mass is 10.0. The molecule has 0 aliphatic heterocycles. The molecule has 0 fully saturated rings. The van der Waals surface area contributed by atoms with Crippen LogP contribution >= 0.6 is 23.2 Å². The number of nitrogens with zero attached hydrogens (tertiary/aromatic N) is 1. The van der Waals surface area contributed by atoms with Gasteiger partial charge in [-0.2, -0.15) is 5.10 Å². The molecule has 0 atom stereocenters. The van der Waals surface area contributed by atoms with E-state index in [9.17, 15) is 9.90 Å². The van der Waals surface area contributed by atoms with Crippen molar-refractivity contribution >= 4 is 35.3 Å². The molecule has 132 valence electrons. The van der Waals surface area contributed by atoms with Gasteiger partial charge in [0.25, 0.3) is 5.91 Å². The van der Waals surface area contributed by atoms with Crippen LogP contribution in [0.25, 0.3) is 0 Å². The van der Waals surface area contributed by atoms with Crippen molar-refractivity contribution in [3.8, 4) is 11.5 Å². The highest BCUT2D eigenvalue weighted by molar-refractivity contribution is 6.36. The molecule has 2 aromatic carbocycles. The van der Waals surface area contributed by atoms with Gasteiger partial charge in [0.2, 0.25) is 0 Å². The van der Waals surface area contributed by atoms with Gasteiger partial charge in [0, 0.05) is 10.6 Å². The van der Waals surface area contributed by atoms with Crippen LogP contribution in [0.15, 0.2) is 41.5 Å². The normalized spacial score (nSPS) is 11.1. The fraction of sp³-hybridized carbons (Fsp3) is 0.222. The minimum atomic E-state index is -0.428. The molecule has 2 aromatic rings. The zero-order valence-electron chi connectivity index (χ0n) is 13.8. The lowest BCUT2D eigenvalue weighted by molar-refractivity contribution is -0.123. The van der Waals surface area contributed by atoms with Crippen LogP contribution in [0.3, 0.4) is 0 Å². The number of phenols is 1. The molecule has 0 heterocycles.